The maximum absolute atomic E-state index is 13.0. The third-order valence-corrected chi connectivity index (χ3v) is 2.81. The maximum atomic E-state index is 13.0. The van der Waals surface area contributed by atoms with Gasteiger partial charge >= 0.3 is 12.3 Å². The third kappa shape index (κ3) is 3.41. The molecule has 0 heterocycles. The average Bonchev–Trinajstić information content (AvgIpc) is 2.29. The topological polar surface area (TPSA) is 29.1 Å². The molecular formula is C10H7BrF5NO. The van der Waals surface area contributed by atoms with Crippen LogP contribution in [0.15, 0.2) is 22.7 Å². The first-order chi connectivity index (χ1) is 8.25. The molecule has 0 radical (unpaired) electrons. The predicted molar refractivity (Wildman–Crippen MR) is 57.4 cm³/mol. The second-order valence-corrected chi connectivity index (χ2v) is 4.14. The molecule has 0 bridgehead atoms. The van der Waals surface area contributed by atoms with Crippen molar-refractivity contribution >= 4 is 21.8 Å². The van der Waals surface area contributed by atoms with Crippen LogP contribution in [0.5, 0.6) is 0 Å². The molecule has 1 rings (SSSR count). The van der Waals surface area contributed by atoms with E-state index in [-0.39, 0.29) is 10.0 Å². The van der Waals surface area contributed by atoms with E-state index in [1.165, 1.54) is 12.1 Å². The summed E-state index contributed by atoms with van der Waals surface area (Å²) in [6, 6.07) is 3.41. The van der Waals surface area contributed by atoms with Crippen LogP contribution in [0.3, 0.4) is 0 Å². The number of carbonyl (C=O) groups is 1. The number of hydrogen-bond donors (Lipinski definition) is 1. The number of carbonyl (C=O) groups excluding carboxylic acids is 1. The van der Waals surface area contributed by atoms with Gasteiger partial charge in [-0.05, 0) is 28.1 Å². The Morgan fingerprint density at radius 1 is 1.39 bits per heavy atom. The van der Waals surface area contributed by atoms with Gasteiger partial charge in [-0.2, -0.15) is 8.78 Å². The number of rotatable bonds is 4. The maximum Gasteiger partial charge on any atom is 0.324 e. The summed E-state index contributed by atoms with van der Waals surface area (Å²) in [5.74, 6) is -6.15. The van der Waals surface area contributed by atoms with Crippen molar-refractivity contribution in [2.75, 3.05) is 6.54 Å². The Balaban J connectivity index is 2.75. The molecule has 0 atom stereocenters. The van der Waals surface area contributed by atoms with E-state index in [2.05, 4.69) is 15.9 Å². The third-order valence-electron chi connectivity index (χ3n) is 2.00. The van der Waals surface area contributed by atoms with Crippen molar-refractivity contribution in [3.05, 3.63) is 34.1 Å². The van der Waals surface area contributed by atoms with Crippen LogP contribution >= 0.6 is 15.9 Å². The minimum atomic E-state index is -4.32. The van der Waals surface area contributed by atoms with Gasteiger partial charge in [0.1, 0.15) is 5.82 Å². The summed E-state index contributed by atoms with van der Waals surface area (Å²) < 4.78 is 61.6. The summed E-state index contributed by atoms with van der Waals surface area (Å²) in [4.78, 5) is 11.4. The SMILES string of the molecule is O=C(NCC(F)(F)C(F)F)c1cccc(F)c1Br. The summed E-state index contributed by atoms with van der Waals surface area (Å²) in [6.45, 7) is -1.52. The summed E-state index contributed by atoms with van der Waals surface area (Å²) in [5, 5.41) is 1.62. The highest BCUT2D eigenvalue weighted by Gasteiger charge is 2.40. The van der Waals surface area contributed by atoms with Gasteiger partial charge in [0.2, 0.25) is 0 Å². The number of halogens is 6. The summed E-state index contributed by atoms with van der Waals surface area (Å²) in [5.41, 5.74) is -0.250. The van der Waals surface area contributed by atoms with E-state index >= 15 is 0 Å². The van der Waals surface area contributed by atoms with Gasteiger partial charge in [0.25, 0.3) is 5.91 Å². The predicted octanol–water partition coefficient (Wildman–Crippen LogP) is 3.22. The zero-order valence-electron chi connectivity index (χ0n) is 8.69. The first-order valence-electron chi connectivity index (χ1n) is 4.64. The molecule has 0 aliphatic heterocycles. The van der Waals surface area contributed by atoms with E-state index in [9.17, 15) is 26.7 Å². The quantitative estimate of drug-likeness (QED) is 0.843. The lowest BCUT2D eigenvalue weighted by atomic mass is 10.2. The molecule has 100 valence electrons. The molecule has 18 heavy (non-hydrogen) atoms. The number of nitrogens with one attached hydrogen (secondary N) is 1. The summed E-state index contributed by atoms with van der Waals surface area (Å²) in [7, 11) is 0. The van der Waals surface area contributed by atoms with E-state index in [0.717, 1.165) is 6.07 Å². The zero-order valence-corrected chi connectivity index (χ0v) is 10.3. The fourth-order valence-corrected chi connectivity index (χ4v) is 1.49. The van der Waals surface area contributed by atoms with Crippen molar-refractivity contribution in [3.8, 4) is 0 Å². The van der Waals surface area contributed by atoms with E-state index < -0.39 is 30.6 Å². The van der Waals surface area contributed by atoms with E-state index in [1.54, 1.807) is 5.32 Å². The Kier molecular flexibility index (Phi) is 4.66. The summed E-state index contributed by atoms with van der Waals surface area (Å²) in [6.07, 6.45) is -3.88. The number of alkyl halides is 4. The van der Waals surface area contributed by atoms with Gasteiger partial charge in [-0.25, -0.2) is 13.2 Å². The molecule has 0 saturated carbocycles. The summed E-state index contributed by atoms with van der Waals surface area (Å²) >= 11 is 2.76. The molecular weight excluding hydrogens is 325 g/mol. The highest BCUT2D eigenvalue weighted by Crippen LogP contribution is 2.23. The standard InChI is InChI=1S/C10H7BrF5NO/c11-7-5(2-1-3-6(7)12)8(18)17-4-10(15,16)9(13)14/h1-3,9H,4H2,(H,17,18). The monoisotopic (exact) mass is 331 g/mol. The molecule has 0 fully saturated rings. The van der Waals surface area contributed by atoms with Crippen LogP contribution < -0.4 is 5.32 Å². The normalized spacial score (nSPS) is 11.7. The van der Waals surface area contributed by atoms with Crippen LogP contribution in [0.2, 0.25) is 0 Å². The molecule has 0 aliphatic rings. The minimum Gasteiger partial charge on any atom is -0.346 e. The molecule has 0 saturated heterocycles. The van der Waals surface area contributed by atoms with Gasteiger partial charge in [-0.15, -0.1) is 0 Å². The molecule has 8 heteroatoms. The smallest absolute Gasteiger partial charge is 0.324 e. The zero-order chi connectivity index (χ0) is 13.9. The highest BCUT2D eigenvalue weighted by atomic mass is 79.9. The van der Waals surface area contributed by atoms with Crippen molar-refractivity contribution in [2.24, 2.45) is 0 Å². The van der Waals surface area contributed by atoms with Gasteiger partial charge in [0.15, 0.2) is 0 Å². The Hall–Kier alpha value is -1.18. The van der Waals surface area contributed by atoms with Crippen molar-refractivity contribution in [3.63, 3.8) is 0 Å². The molecule has 0 unspecified atom stereocenters. The average molecular weight is 332 g/mol. The number of hydrogen-bond acceptors (Lipinski definition) is 1. The fourth-order valence-electron chi connectivity index (χ4n) is 1.05. The first kappa shape index (κ1) is 14.9. The van der Waals surface area contributed by atoms with Crippen LogP contribution in [0.25, 0.3) is 0 Å². The molecule has 0 spiro atoms. The van der Waals surface area contributed by atoms with E-state index in [1.807, 2.05) is 0 Å². The molecule has 1 amide bonds. The van der Waals surface area contributed by atoms with Crippen LogP contribution in [0, 0.1) is 5.82 Å². The second kappa shape index (κ2) is 5.64. The second-order valence-electron chi connectivity index (χ2n) is 3.35. The minimum absolute atomic E-state index is 0.220. The largest absolute Gasteiger partial charge is 0.346 e. The molecule has 1 aromatic rings. The highest BCUT2D eigenvalue weighted by molar-refractivity contribution is 9.10. The van der Waals surface area contributed by atoms with Crippen molar-refractivity contribution in [1.82, 2.24) is 5.32 Å². The van der Waals surface area contributed by atoms with Crippen LogP contribution in [0.4, 0.5) is 22.0 Å². The Bertz CT molecular complexity index is 452. The van der Waals surface area contributed by atoms with Crippen LogP contribution in [-0.4, -0.2) is 24.8 Å². The lowest BCUT2D eigenvalue weighted by molar-refractivity contribution is -0.123. The van der Waals surface area contributed by atoms with Crippen molar-refractivity contribution in [2.45, 2.75) is 12.3 Å². The van der Waals surface area contributed by atoms with Crippen molar-refractivity contribution in [1.29, 1.82) is 0 Å². The number of benzene rings is 1. The molecule has 0 aromatic heterocycles. The van der Waals surface area contributed by atoms with Crippen molar-refractivity contribution < 1.29 is 26.7 Å². The fraction of sp³-hybridized carbons (Fsp3) is 0.300. The lowest BCUT2D eigenvalue weighted by Gasteiger charge is -2.16. The Morgan fingerprint density at radius 2 is 2.00 bits per heavy atom. The number of amides is 1. The molecule has 0 aliphatic carbocycles. The molecule has 2 nitrogen and oxygen atoms in total. The van der Waals surface area contributed by atoms with Gasteiger partial charge in [0.05, 0.1) is 16.6 Å². The van der Waals surface area contributed by atoms with Crippen LogP contribution in [0.1, 0.15) is 10.4 Å². The molecule has 1 aromatic carbocycles. The van der Waals surface area contributed by atoms with Gasteiger partial charge < -0.3 is 5.32 Å². The first-order valence-corrected chi connectivity index (χ1v) is 5.43. The molecule has 1 N–H and O–H groups in total. The Morgan fingerprint density at radius 3 is 2.56 bits per heavy atom. The van der Waals surface area contributed by atoms with E-state index in [4.69, 9.17) is 0 Å². The van der Waals surface area contributed by atoms with Gasteiger partial charge in [-0.1, -0.05) is 6.07 Å². The van der Waals surface area contributed by atoms with E-state index in [0.29, 0.717) is 0 Å². The van der Waals surface area contributed by atoms with Gasteiger partial charge in [0, 0.05) is 0 Å². The van der Waals surface area contributed by atoms with Gasteiger partial charge in [-0.3, -0.25) is 4.79 Å². The Labute approximate surface area is 107 Å². The van der Waals surface area contributed by atoms with Crippen LogP contribution in [-0.2, 0) is 0 Å². The lowest BCUT2D eigenvalue weighted by Crippen LogP contribution is -2.41.